The number of rotatable bonds is 4. The van der Waals surface area contributed by atoms with Crippen molar-refractivity contribution in [1.82, 2.24) is 25.8 Å². The van der Waals surface area contributed by atoms with Crippen molar-refractivity contribution >= 4 is 28.5 Å². The molecule has 0 saturated carbocycles. The summed E-state index contributed by atoms with van der Waals surface area (Å²) in [7, 11) is 0. The van der Waals surface area contributed by atoms with Crippen LogP contribution in [0.15, 0.2) is 24.3 Å². The third-order valence-electron chi connectivity index (χ3n) is 5.34. The summed E-state index contributed by atoms with van der Waals surface area (Å²) in [5.74, 6) is 0.312. The van der Waals surface area contributed by atoms with Crippen molar-refractivity contribution in [3.63, 3.8) is 0 Å². The highest BCUT2D eigenvalue weighted by Gasteiger charge is 2.32. The Kier molecular flexibility index (Phi) is 4.89. The van der Waals surface area contributed by atoms with Gasteiger partial charge in [0.2, 0.25) is 5.91 Å². The van der Waals surface area contributed by atoms with Gasteiger partial charge in [-0.2, -0.15) is 0 Å². The number of H-pyrrole nitrogens is 1. The molecule has 2 fully saturated rings. The van der Waals surface area contributed by atoms with Crippen LogP contribution in [-0.2, 0) is 11.3 Å². The zero-order chi connectivity index (χ0) is 18.8. The fourth-order valence-electron chi connectivity index (χ4n) is 3.74. The van der Waals surface area contributed by atoms with Gasteiger partial charge in [-0.1, -0.05) is 0 Å². The largest absolute Gasteiger partial charge is 0.399 e. The predicted molar refractivity (Wildman–Crippen MR) is 104 cm³/mol. The van der Waals surface area contributed by atoms with E-state index < -0.39 is 0 Å². The minimum absolute atomic E-state index is 0.00162. The number of anilines is 1. The third-order valence-corrected chi connectivity index (χ3v) is 5.34. The number of benzene rings is 1. The molecule has 27 heavy (non-hydrogen) atoms. The van der Waals surface area contributed by atoms with Crippen LogP contribution in [-0.4, -0.2) is 54.0 Å². The minimum Gasteiger partial charge on any atom is -0.399 e. The van der Waals surface area contributed by atoms with E-state index in [9.17, 15) is 9.59 Å². The van der Waals surface area contributed by atoms with E-state index in [0.717, 1.165) is 49.1 Å². The molecule has 1 aromatic carbocycles. The summed E-state index contributed by atoms with van der Waals surface area (Å²) in [5, 5.41) is 10.0. The normalized spacial score (nSPS) is 20.3. The smallest absolute Gasteiger partial charge is 0.315 e. The molecule has 6 N–H and O–H groups in total. The average molecular weight is 370 g/mol. The Morgan fingerprint density at radius 1 is 1.26 bits per heavy atom. The summed E-state index contributed by atoms with van der Waals surface area (Å²) in [6.07, 6.45) is 1.81. The maximum absolute atomic E-state index is 12.4. The van der Waals surface area contributed by atoms with Gasteiger partial charge in [-0.25, -0.2) is 4.79 Å². The number of carbonyl (C=O) groups excluding carboxylic acids is 2. The highest BCUT2D eigenvalue weighted by molar-refractivity contribution is 5.84. The first-order chi connectivity index (χ1) is 13.1. The molecule has 1 atom stereocenters. The molecule has 0 bridgehead atoms. The van der Waals surface area contributed by atoms with E-state index in [1.165, 1.54) is 0 Å². The first kappa shape index (κ1) is 17.7. The Morgan fingerprint density at radius 2 is 2.11 bits per heavy atom. The van der Waals surface area contributed by atoms with E-state index in [4.69, 9.17) is 5.73 Å². The first-order valence-corrected chi connectivity index (χ1v) is 9.49. The van der Waals surface area contributed by atoms with Crippen LogP contribution in [0, 0.1) is 5.92 Å². The number of aromatic nitrogens is 1. The average Bonchev–Trinajstić information content (AvgIpc) is 3.00. The summed E-state index contributed by atoms with van der Waals surface area (Å²) >= 11 is 0. The van der Waals surface area contributed by atoms with Gasteiger partial charge in [0, 0.05) is 54.5 Å². The van der Waals surface area contributed by atoms with Gasteiger partial charge in [0.1, 0.15) is 0 Å². The summed E-state index contributed by atoms with van der Waals surface area (Å²) in [4.78, 5) is 29.8. The number of amides is 3. The molecule has 2 aliphatic heterocycles. The van der Waals surface area contributed by atoms with Crippen LogP contribution < -0.4 is 21.7 Å². The van der Waals surface area contributed by atoms with Crippen LogP contribution in [0.25, 0.3) is 10.9 Å². The Hall–Kier alpha value is -2.74. The van der Waals surface area contributed by atoms with Crippen LogP contribution in [0.4, 0.5) is 10.5 Å². The van der Waals surface area contributed by atoms with Gasteiger partial charge in [-0.3, -0.25) is 4.79 Å². The molecule has 3 amide bonds. The Bertz CT molecular complexity index is 844. The lowest BCUT2D eigenvalue weighted by molar-refractivity contribution is -0.138. The zero-order valence-corrected chi connectivity index (χ0v) is 15.3. The van der Waals surface area contributed by atoms with Crippen LogP contribution >= 0.6 is 0 Å². The molecular formula is C19H26N6O2. The molecule has 144 valence electrons. The van der Waals surface area contributed by atoms with Crippen molar-refractivity contribution in [1.29, 1.82) is 0 Å². The monoisotopic (exact) mass is 370 g/mol. The van der Waals surface area contributed by atoms with E-state index in [2.05, 4.69) is 20.9 Å². The van der Waals surface area contributed by atoms with Crippen molar-refractivity contribution < 1.29 is 9.59 Å². The third kappa shape index (κ3) is 4.00. The summed E-state index contributed by atoms with van der Waals surface area (Å²) in [6, 6.07) is 7.45. The number of aromatic amines is 1. The Morgan fingerprint density at radius 3 is 2.89 bits per heavy atom. The van der Waals surface area contributed by atoms with E-state index in [0.29, 0.717) is 18.8 Å². The van der Waals surface area contributed by atoms with E-state index >= 15 is 0 Å². The summed E-state index contributed by atoms with van der Waals surface area (Å²) < 4.78 is 0. The maximum Gasteiger partial charge on any atom is 0.315 e. The number of hydrogen-bond donors (Lipinski definition) is 5. The van der Waals surface area contributed by atoms with Crippen LogP contribution in [0.2, 0.25) is 0 Å². The number of urea groups is 1. The van der Waals surface area contributed by atoms with Gasteiger partial charge < -0.3 is 31.6 Å². The number of hydrogen-bond acceptors (Lipinski definition) is 4. The van der Waals surface area contributed by atoms with Gasteiger partial charge in [-0.05, 0) is 37.1 Å². The van der Waals surface area contributed by atoms with Crippen LogP contribution in [0.3, 0.4) is 0 Å². The lowest BCUT2D eigenvalue weighted by Gasteiger charge is -2.37. The quantitative estimate of drug-likeness (QED) is 0.511. The minimum atomic E-state index is -0.210. The molecule has 2 aliphatic rings. The van der Waals surface area contributed by atoms with Gasteiger partial charge in [0.15, 0.2) is 0 Å². The zero-order valence-electron chi connectivity index (χ0n) is 15.3. The molecule has 8 nitrogen and oxygen atoms in total. The van der Waals surface area contributed by atoms with E-state index in [1.54, 1.807) is 0 Å². The lowest BCUT2D eigenvalue weighted by atomic mass is 9.98. The second-order valence-electron chi connectivity index (χ2n) is 7.45. The van der Waals surface area contributed by atoms with Crippen LogP contribution in [0.5, 0.6) is 0 Å². The number of piperidine rings is 1. The molecule has 4 rings (SSSR count). The van der Waals surface area contributed by atoms with E-state index in [-0.39, 0.29) is 23.9 Å². The SMILES string of the molecule is Nc1ccc2[nH]c(CNC(=O)NC3CCCN(C(=O)C4CNC4)C3)cc2c1. The molecule has 0 radical (unpaired) electrons. The van der Waals surface area contributed by atoms with Gasteiger partial charge in [-0.15, -0.1) is 0 Å². The highest BCUT2D eigenvalue weighted by Crippen LogP contribution is 2.18. The molecule has 2 saturated heterocycles. The molecule has 1 aromatic heterocycles. The fourth-order valence-corrected chi connectivity index (χ4v) is 3.74. The molecular weight excluding hydrogens is 344 g/mol. The predicted octanol–water partition coefficient (Wildman–Crippen LogP) is 0.760. The molecule has 1 unspecified atom stereocenters. The topological polar surface area (TPSA) is 115 Å². The summed E-state index contributed by atoms with van der Waals surface area (Å²) in [5.41, 5.74) is 8.43. The van der Waals surface area contributed by atoms with Crippen molar-refractivity contribution in [2.24, 2.45) is 5.92 Å². The Labute approximate surface area is 157 Å². The number of fused-ring (bicyclic) bond motifs is 1. The van der Waals surface area contributed by atoms with Crippen molar-refractivity contribution in [3.05, 3.63) is 30.0 Å². The molecule has 0 spiro atoms. The highest BCUT2D eigenvalue weighted by atomic mass is 16.2. The summed E-state index contributed by atoms with van der Waals surface area (Å²) in [6.45, 7) is 3.32. The maximum atomic E-state index is 12.4. The van der Waals surface area contributed by atoms with Gasteiger partial charge in [0.25, 0.3) is 0 Å². The van der Waals surface area contributed by atoms with Gasteiger partial charge in [0.05, 0.1) is 12.5 Å². The second kappa shape index (κ2) is 7.48. The number of nitrogen functional groups attached to an aromatic ring is 1. The van der Waals surface area contributed by atoms with E-state index in [1.807, 2.05) is 29.2 Å². The molecule has 8 heteroatoms. The Balaban J connectivity index is 1.27. The number of nitrogens with two attached hydrogens (primary N) is 1. The number of nitrogens with one attached hydrogen (secondary N) is 4. The first-order valence-electron chi connectivity index (χ1n) is 9.49. The van der Waals surface area contributed by atoms with Crippen LogP contribution in [0.1, 0.15) is 18.5 Å². The standard InChI is InChI=1S/C19H26N6O2/c20-14-3-4-17-12(6-14)7-16(23-17)10-22-19(27)24-15-2-1-5-25(11-15)18(26)13-8-21-9-13/h3-4,6-7,13,15,21,23H,1-2,5,8-11,20H2,(H2,22,24,27). The molecule has 3 heterocycles. The number of likely N-dealkylation sites (tertiary alicyclic amines) is 1. The van der Waals surface area contributed by atoms with Crippen molar-refractivity contribution in [2.75, 3.05) is 31.9 Å². The number of nitrogens with zero attached hydrogens (tertiary/aromatic N) is 1. The number of carbonyl (C=O) groups is 2. The molecule has 2 aromatic rings. The molecule has 0 aliphatic carbocycles. The van der Waals surface area contributed by atoms with Crippen molar-refractivity contribution in [3.8, 4) is 0 Å². The fraction of sp³-hybridized carbons (Fsp3) is 0.474. The lowest BCUT2D eigenvalue weighted by Crippen LogP contribution is -2.57. The van der Waals surface area contributed by atoms with Crippen molar-refractivity contribution in [2.45, 2.75) is 25.4 Å². The van der Waals surface area contributed by atoms with Gasteiger partial charge >= 0.3 is 6.03 Å². The second-order valence-corrected chi connectivity index (χ2v) is 7.45.